The van der Waals surface area contributed by atoms with Crippen molar-refractivity contribution < 1.29 is 24.5 Å². The Balaban J connectivity index is 3.51. The Morgan fingerprint density at radius 3 is 1.35 bits per heavy atom. The standard InChI is InChI=1S/C49H93NO5/c1-3-5-7-9-11-13-15-19-23-27-31-35-39-43-49(54)55-44-40-36-32-28-24-21-18-16-17-20-22-26-30-34-38-42-48(53)50-46(45-51)47(52)41-37-33-29-25-14-12-10-8-6-4-2/h16,18,21,24,46-47,51-52H,3-15,17,19-20,22-23,25-45H2,1-2H3,(H,50,53)/b18-16-,24-21-. The molecule has 2 atom stereocenters. The largest absolute Gasteiger partial charge is 0.466 e. The van der Waals surface area contributed by atoms with Gasteiger partial charge in [0, 0.05) is 12.8 Å². The predicted octanol–water partition coefficient (Wildman–Crippen LogP) is 14.0. The van der Waals surface area contributed by atoms with Crippen molar-refractivity contribution in [2.24, 2.45) is 0 Å². The van der Waals surface area contributed by atoms with Crippen LogP contribution < -0.4 is 5.32 Å². The highest BCUT2D eigenvalue weighted by Crippen LogP contribution is 2.15. The summed E-state index contributed by atoms with van der Waals surface area (Å²) in [6.45, 7) is 4.87. The molecule has 0 aromatic rings. The molecule has 3 N–H and O–H groups in total. The summed E-state index contributed by atoms with van der Waals surface area (Å²) in [6.07, 6.45) is 51.4. The van der Waals surface area contributed by atoms with Crippen LogP contribution in [0.2, 0.25) is 0 Å². The molecule has 0 saturated carbocycles. The highest BCUT2D eigenvalue weighted by atomic mass is 16.5. The molecule has 1 amide bonds. The first-order valence-corrected chi connectivity index (χ1v) is 24.1. The topological polar surface area (TPSA) is 95.9 Å². The minimum atomic E-state index is -0.676. The second-order valence-electron chi connectivity index (χ2n) is 16.5. The first kappa shape index (κ1) is 53.3. The molecule has 0 rings (SSSR count). The van der Waals surface area contributed by atoms with Gasteiger partial charge >= 0.3 is 5.97 Å². The summed E-state index contributed by atoms with van der Waals surface area (Å²) in [7, 11) is 0. The lowest BCUT2D eigenvalue weighted by Crippen LogP contribution is -2.45. The maximum atomic E-state index is 12.4. The fraction of sp³-hybridized carbons (Fsp3) is 0.878. The quantitative estimate of drug-likeness (QED) is 0.0325. The molecule has 2 unspecified atom stereocenters. The highest BCUT2D eigenvalue weighted by molar-refractivity contribution is 5.76. The van der Waals surface area contributed by atoms with Crippen LogP contribution in [0.5, 0.6) is 0 Å². The number of esters is 1. The molecule has 0 aromatic heterocycles. The van der Waals surface area contributed by atoms with Crippen LogP contribution in [0.1, 0.15) is 251 Å². The summed E-state index contributed by atoms with van der Waals surface area (Å²) >= 11 is 0. The Labute approximate surface area is 341 Å². The lowest BCUT2D eigenvalue weighted by molar-refractivity contribution is -0.143. The van der Waals surface area contributed by atoms with Gasteiger partial charge in [-0.3, -0.25) is 9.59 Å². The highest BCUT2D eigenvalue weighted by Gasteiger charge is 2.20. The second-order valence-corrected chi connectivity index (χ2v) is 16.5. The van der Waals surface area contributed by atoms with Crippen LogP contribution in [-0.4, -0.2) is 47.4 Å². The normalized spacial score (nSPS) is 12.9. The molecule has 6 nitrogen and oxygen atoms in total. The van der Waals surface area contributed by atoms with Gasteiger partial charge in [0.05, 0.1) is 25.4 Å². The average molecular weight is 776 g/mol. The fourth-order valence-electron chi connectivity index (χ4n) is 7.28. The molecule has 6 heteroatoms. The van der Waals surface area contributed by atoms with Gasteiger partial charge in [-0.25, -0.2) is 0 Å². The van der Waals surface area contributed by atoms with E-state index in [4.69, 9.17) is 4.74 Å². The van der Waals surface area contributed by atoms with Crippen molar-refractivity contribution in [2.45, 2.75) is 264 Å². The number of amides is 1. The number of carbonyl (C=O) groups is 2. The van der Waals surface area contributed by atoms with Crippen molar-refractivity contribution in [1.29, 1.82) is 0 Å². The van der Waals surface area contributed by atoms with Crippen molar-refractivity contribution in [3.63, 3.8) is 0 Å². The van der Waals surface area contributed by atoms with Crippen LogP contribution in [0.3, 0.4) is 0 Å². The van der Waals surface area contributed by atoms with E-state index in [1.807, 2.05) is 0 Å². The number of ether oxygens (including phenoxy) is 1. The third kappa shape index (κ3) is 41.8. The van der Waals surface area contributed by atoms with E-state index >= 15 is 0 Å². The van der Waals surface area contributed by atoms with Crippen LogP contribution >= 0.6 is 0 Å². The Hall–Kier alpha value is -1.66. The van der Waals surface area contributed by atoms with Gasteiger partial charge in [0.1, 0.15) is 0 Å². The number of hydrogen-bond donors (Lipinski definition) is 3. The molecule has 0 fully saturated rings. The van der Waals surface area contributed by atoms with Crippen molar-refractivity contribution in [2.75, 3.05) is 13.2 Å². The van der Waals surface area contributed by atoms with Crippen LogP contribution in [0.4, 0.5) is 0 Å². The molecule has 0 bridgehead atoms. The second kappa shape index (κ2) is 45.0. The van der Waals surface area contributed by atoms with Crippen LogP contribution in [-0.2, 0) is 14.3 Å². The number of aliphatic hydroxyl groups is 2. The molecule has 0 aliphatic heterocycles. The van der Waals surface area contributed by atoms with Crippen LogP contribution in [0, 0.1) is 0 Å². The molecule has 0 spiro atoms. The van der Waals surface area contributed by atoms with Crippen molar-refractivity contribution in [3.8, 4) is 0 Å². The predicted molar refractivity (Wildman–Crippen MR) is 236 cm³/mol. The van der Waals surface area contributed by atoms with E-state index in [0.717, 1.165) is 77.0 Å². The minimum absolute atomic E-state index is 0.0208. The smallest absolute Gasteiger partial charge is 0.305 e. The molecule has 0 saturated heterocycles. The van der Waals surface area contributed by atoms with Gasteiger partial charge in [0.15, 0.2) is 0 Å². The molecule has 0 aromatic carbocycles. The van der Waals surface area contributed by atoms with Gasteiger partial charge in [-0.15, -0.1) is 0 Å². The third-order valence-corrected chi connectivity index (χ3v) is 11.0. The van der Waals surface area contributed by atoms with Crippen molar-refractivity contribution >= 4 is 11.9 Å². The van der Waals surface area contributed by atoms with Gasteiger partial charge < -0.3 is 20.3 Å². The molecule has 0 heterocycles. The summed E-state index contributed by atoms with van der Waals surface area (Å²) in [4.78, 5) is 24.4. The van der Waals surface area contributed by atoms with E-state index in [1.54, 1.807) is 0 Å². The monoisotopic (exact) mass is 776 g/mol. The number of rotatable bonds is 44. The molecule has 0 aliphatic rings. The maximum absolute atomic E-state index is 12.4. The van der Waals surface area contributed by atoms with E-state index in [9.17, 15) is 19.8 Å². The van der Waals surface area contributed by atoms with E-state index in [2.05, 4.69) is 43.5 Å². The fourth-order valence-corrected chi connectivity index (χ4v) is 7.28. The summed E-state index contributed by atoms with van der Waals surface area (Å²) < 4.78 is 5.43. The number of allylic oxidation sites excluding steroid dienone is 4. The zero-order valence-corrected chi connectivity index (χ0v) is 36.7. The Bertz CT molecular complexity index is 858. The third-order valence-electron chi connectivity index (χ3n) is 11.0. The molecular formula is C49H93NO5. The summed E-state index contributed by atoms with van der Waals surface area (Å²) in [5.74, 6) is -0.0806. The summed E-state index contributed by atoms with van der Waals surface area (Å²) in [6, 6.07) is -0.555. The Kier molecular flexibility index (Phi) is 43.7. The SMILES string of the molecule is CCCCCCCCCCCCCCCC(=O)OCCCCC/C=C\C=C/CCCCCCCCC(=O)NC(CO)C(O)CCCCCCCCCCCC. The number of hydrogen-bond acceptors (Lipinski definition) is 5. The summed E-state index contributed by atoms with van der Waals surface area (Å²) in [5, 5.41) is 23.1. The number of carbonyl (C=O) groups excluding carboxylic acids is 2. The molecular weight excluding hydrogens is 683 g/mol. The van der Waals surface area contributed by atoms with E-state index in [-0.39, 0.29) is 18.5 Å². The van der Waals surface area contributed by atoms with Gasteiger partial charge in [0.25, 0.3) is 0 Å². The van der Waals surface area contributed by atoms with Crippen LogP contribution in [0.15, 0.2) is 24.3 Å². The number of unbranched alkanes of at least 4 members (excludes halogenated alkanes) is 30. The zero-order valence-electron chi connectivity index (χ0n) is 36.7. The number of aliphatic hydroxyl groups excluding tert-OH is 2. The minimum Gasteiger partial charge on any atom is -0.466 e. The van der Waals surface area contributed by atoms with Gasteiger partial charge in [0.2, 0.25) is 5.91 Å². The molecule has 0 aliphatic carbocycles. The van der Waals surface area contributed by atoms with Gasteiger partial charge in [-0.05, 0) is 57.8 Å². The Morgan fingerprint density at radius 2 is 0.891 bits per heavy atom. The molecule has 324 valence electrons. The van der Waals surface area contributed by atoms with Crippen LogP contribution in [0.25, 0.3) is 0 Å². The first-order valence-electron chi connectivity index (χ1n) is 24.1. The van der Waals surface area contributed by atoms with E-state index in [0.29, 0.717) is 25.9 Å². The van der Waals surface area contributed by atoms with Gasteiger partial charge in [-0.2, -0.15) is 0 Å². The van der Waals surface area contributed by atoms with Gasteiger partial charge in [-0.1, -0.05) is 205 Å². The summed E-state index contributed by atoms with van der Waals surface area (Å²) in [5.41, 5.74) is 0. The maximum Gasteiger partial charge on any atom is 0.305 e. The van der Waals surface area contributed by atoms with Crippen molar-refractivity contribution in [3.05, 3.63) is 24.3 Å². The Morgan fingerprint density at radius 1 is 0.509 bits per heavy atom. The number of nitrogens with one attached hydrogen (secondary N) is 1. The average Bonchev–Trinajstić information content (AvgIpc) is 3.18. The van der Waals surface area contributed by atoms with E-state index in [1.165, 1.54) is 141 Å². The molecule has 0 radical (unpaired) electrons. The van der Waals surface area contributed by atoms with E-state index < -0.39 is 12.1 Å². The zero-order chi connectivity index (χ0) is 40.1. The first-order chi connectivity index (χ1) is 27.0. The molecule has 55 heavy (non-hydrogen) atoms. The lowest BCUT2D eigenvalue weighted by atomic mass is 10.0. The van der Waals surface area contributed by atoms with Crippen molar-refractivity contribution in [1.82, 2.24) is 5.32 Å². The lowest BCUT2D eigenvalue weighted by Gasteiger charge is -2.22.